The van der Waals surface area contributed by atoms with Crippen LogP contribution in [0.2, 0.25) is 0 Å². The van der Waals surface area contributed by atoms with Gasteiger partial charge in [0.15, 0.2) is 0 Å². The van der Waals surface area contributed by atoms with E-state index in [4.69, 9.17) is 14.6 Å². The standard InChI is InChI=1S/C18H24O6/c1-4-6-12-23-17(22)18(3,11-5-2)24-16(21)14-10-8-7-9-13(14)15(19)20/h7-10H,4-6,11-12H2,1-3H3,(H,19,20). The second kappa shape index (κ2) is 9.05. The van der Waals surface area contributed by atoms with Gasteiger partial charge in [0.2, 0.25) is 5.60 Å². The largest absolute Gasteiger partial charge is 0.478 e. The molecule has 0 saturated heterocycles. The highest BCUT2D eigenvalue weighted by atomic mass is 16.6. The molecule has 0 heterocycles. The molecule has 1 N–H and O–H groups in total. The fourth-order valence-corrected chi connectivity index (χ4v) is 2.24. The average molecular weight is 336 g/mol. The van der Waals surface area contributed by atoms with Crippen LogP contribution < -0.4 is 0 Å². The van der Waals surface area contributed by atoms with Crippen LogP contribution in [0.1, 0.15) is 67.2 Å². The van der Waals surface area contributed by atoms with Gasteiger partial charge in [-0.2, -0.15) is 0 Å². The van der Waals surface area contributed by atoms with Crippen molar-refractivity contribution in [2.24, 2.45) is 0 Å². The number of benzene rings is 1. The van der Waals surface area contributed by atoms with Crippen LogP contribution in [-0.4, -0.2) is 35.2 Å². The fraction of sp³-hybridized carbons (Fsp3) is 0.500. The van der Waals surface area contributed by atoms with Crippen molar-refractivity contribution in [3.05, 3.63) is 35.4 Å². The van der Waals surface area contributed by atoms with Gasteiger partial charge in [-0.15, -0.1) is 0 Å². The van der Waals surface area contributed by atoms with Gasteiger partial charge in [0, 0.05) is 0 Å². The van der Waals surface area contributed by atoms with Gasteiger partial charge in [-0.05, 0) is 31.9 Å². The number of carboxylic acids is 1. The van der Waals surface area contributed by atoms with E-state index in [9.17, 15) is 14.4 Å². The summed E-state index contributed by atoms with van der Waals surface area (Å²) in [4.78, 5) is 35.9. The Morgan fingerprint density at radius 2 is 1.71 bits per heavy atom. The minimum atomic E-state index is -1.44. The molecule has 132 valence electrons. The van der Waals surface area contributed by atoms with Crippen LogP contribution in [0.5, 0.6) is 0 Å². The first-order valence-corrected chi connectivity index (χ1v) is 8.08. The molecule has 0 saturated carbocycles. The molecule has 6 heteroatoms. The maximum atomic E-state index is 12.4. The monoisotopic (exact) mass is 336 g/mol. The zero-order valence-electron chi connectivity index (χ0n) is 14.3. The lowest BCUT2D eigenvalue weighted by molar-refractivity contribution is -0.165. The van der Waals surface area contributed by atoms with Crippen LogP contribution in [-0.2, 0) is 14.3 Å². The molecule has 1 unspecified atom stereocenters. The molecule has 0 aliphatic rings. The molecular weight excluding hydrogens is 312 g/mol. The van der Waals surface area contributed by atoms with Gasteiger partial charge >= 0.3 is 17.9 Å². The van der Waals surface area contributed by atoms with Crippen molar-refractivity contribution in [1.82, 2.24) is 0 Å². The van der Waals surface area contributed by atoms with Crippen molar-refractivity contribution in [3.8, 4) is 0 Å². The van der Waals surface area contributed by atoms with E-state index in [1.54, 1.807) is 6.07 Å². The maximum absolute atomic E-state index is 12.4. The van der Waals surface area contributed by atoms with Crippen molar-refractivity contribution in [2.75, 3.05) is 6.61 Å². The Morgan fingerprint density at radius 1 is 1.08 bits per heavy atom. The highest BCUT2D eigenvalue weighted by Gasteiger charge is 2.39. The highest BCUT2D eigenvalue weighted by molar-refractivity contribution is 6.03. The molecule has 0 fully saturated rings. The molecular formula is C18H24O6. The van der Waals surface area contributed by atoms with Crippen LogP contribution in [0.25, 0.3) is 0 Å². The minimum Gasteiger partial charge on any atom is -0.478 e. The lowest BCUT2D eigenvalue weighted by Gasteiger charge is -2.27. The first-order valence-electron chi connectivity index (χ1n) is 8.08. The van der Waals surface area contributed by atoms with Crippen molar-refractivity contribution in [3.63, 3.8) is 0 Å². The third-order valence-corrected chi connectivity index (χ3v) is 3.59. The summed E-state index contributed by atoms with van der Waals surface area (Å²) in [5, 5.41) is 9.17. The number of hydrogen-bond donors (Lipinski definition) is 1. The molecule has 1 atom stereocenters. The summed E-state index contributed by atoms with van der Waals surface area (Å²) in [7, 11) is 0. The van der Waals surface area contributed by atoms with Gasteiger partial charge in [-0.25, -0.2) is 14.4 Å². The molecule has 1 aromatic carbocycles. The summed E-state index contributed by atoms with van der Waals surface area (Å²) in [5.41, 5.74) is -1.69. The molecule has 0 spiro atoms. The van der Waals surface area contributed by atoms with E-state index in [1.165, 1.54) is 25.1 Å². The highest BCUT2D eigenvalue weighted by Crippen LogP contribution is 2.23. The molecule has 6 nitrogen and oxygen atoms in total. The zero-order chi connectivity index (χ0) is 18.2. The van der Waals surface area contributed by atoms with Gasteiger partial charge in [-0.3, -0.25) is 0 Å². The molecule has 0 aliphatic carbocycles. The van der Waals surface area contributed by atoms with E-state index in [-0.39, 0.29) is 17.7 Å². The number of carbonyl (C=O) groups is 3. The first kappa shape index (κ1) is 19.7. The lowest BCUT2D eigenvalue weighted by atomic mass is 10.00. The number of ether oxygens (including phenoxy) is 2. The topological polar surface area (TPSA) is 89.9 Å². The summed E-state index contributed by atoms with van der Waals surface area (Å²) in [6, 6.07) is 5.74. The minimum absolute atomic E-state index is 0.0892. The predicted octanol–water partition coefficient (Wildman–Crippen LogP) is 3.44. The molecule has 0 aromatic heterocycles. The maximum Gasteiger partial charge on any atom is 0.350 e. The summed E-state index contributed by atoms with van der Waals surface area (Å²) >= 11 is 0. The third kappa shape index (κ3) is 5.08. The Balaban J connectivity index is 2.97. The molecule has 0 aliphatic heterocycles. The van der Waals surface area contributed by atoms with E-state index < -0.39 is 23.5 Å². The van der Waals surface area contributed by atoms with Crippen LogP contribution in [0, 0.1) is 0 Å². The summed E-state index contributed by atoms with van der Waals surface area (Å²) in [5.74, 6) is -2.69. The molecule has 24 heavy (non-hydrogen) atoms. The fourth-order valence-electron chi connectivity index (χ4n) is 2.24. The van der Waals surface area contributed by atoms with Gasteiger partial charge in [0.25, 0.3) is 0 Å². The van der Waals surface area contributed by atoms with Gasteiger partial charge < -0.3 is 14.6 Å². The van der Waals surface area contributed by atoms with Crippen molar-refractivity contribution in [2.45, 2.75) is 52.1 Å². The average Bonchev–Trinajstić information content (AvgIpc) is 2.55. The molecule has 0 bridgehead atoms. The van der Waals surface area contributed by atoms with E-state index in [2.05, 4.69) is 0 Å². The van der Waals surface area contributed by atoms with Crippen molar-refractivity contribution >= 4 is 17.9 Å². The molecule has 0 amide bonds. The Kier molecular flexibility index (Phi) is 7.42. The second-order valence-electron chi connectivity index (χ2n) is 5.71. The Morgan fingerprint density at radius 3 is 2.25 bits per heavy atom. The van der Waals surface area contributed by atoms with E-state index >= 15 is 0 Å². The quantitative estimate of drug-likeness (QED) is 0.549. The Bertz CT molecular complexity index is 595. The number of esters is 2. The van der Waals surface area contributed by atoms with Crippen molar-refractivity contribution in [1.29, 1.82) is 0 Å². The summed E-state index contributed by atoms with van der Waals surface area (Å²) in [6.45, 7) is 5.59. The van der Waals surface area contributed by atoms with Gasteiger partial charge in [0.05, 0.1) is 17.7 Å². The van der Waals surface area contributed by atoms with Crippen LogP contribution in [0.3, 0.4) is 0 Å². The zero-order valence-corrected chi connectivity index (χ0v) is 14.3. The number of hydrogen-bond acceptors (Lipinski definition) is 5. The second-order valence-corrected chi connectivity index (χ2v) is 5.71. The van der Waals surface area contributed by atoms with E-state index in [0.29, 0.717) is 12.8 Å². The van der Waals surface area contributed by atoms with Crippen LogP contribution >= 0.6 is 0 Å². The number of unbranched alkanes of at least 4 members (excludes halogenated alkanes) is 1. The Labute approximate surface area is 141 Å². The number of aromatic carboxylic acids is 1. The van der Waals surface area contributed by atoms with Gasteiger partial charge in [0.1, 0.15) is 0 Å². The van der Waals surface area contributed by atoms with E-state index in [1.807, 2.05) is 13.8 Å². The SMILES string of the molecule is CCCCOC(=O)C(C)(CCC)OC(=O)c1ccccc1C(=O)O. The number of carbonyl (C=O) groups excluding carboxylic acids is 2. The van der Waals surface area contributed by atoms with E-state index in [0.717, 1.165) is 12.8 Å². The lowest BCUT2D eigenvalue weighted by Crippen LogP contribution is -2.42. The van der Waals surface area contributed by atoms with Gasteiger partial charge in [-0.1, -0.05) is 38.8 Å². The normalized spacial score (nSPS) is 13.0. The molecule has 0 radical (unpaired) electrons. The third-order valence-electron chi connectivity index (χ3n) is 3.59. The molecule has 1 aromatic rings. The Hall–Kier alpha value is -2.37. The predicted molar refractivity (Wildman–Crippen MR) is 88.0 cm³/mol. The van der Waals surface area contributed by atoms with Crippen LogP contribution in [0.4, 0.5) is 0 Å². The summed E-state index contributed by atoms with van der Waals surface area (Å²) < 4.78 is 10.6. The summed E-state index contributed by atoms with van der Waals surface area (Å²) in [6.07, 6.45) is 2.50. The van der Waals surface area contributed by atoms with Crippen molar-refractivity contribution < 1.29 is 29.0 Å². The first-order chi connectivity index (χ1) is 11.4. The number of carboxylic acid groups (broad SMARTS) is 1. The molecule has 1 rings (SSSR count). The number of rotatable bonds is 9. The van der Waals surface area contributed by atoms with Crippen LogP contribution in [0.15, 0.2) is 24.3 Å². The smallest absolute Gasteiger partial charge is 0.350 e.